The zero-order chi connectivity index (χ0) is 21.5. The maximum atomic E-state index is 6.35. The molecular formula is C25H31N7. The molecule has 7 nitrogen and oxygen atoms in total. The van der Waals surface area contributed by atoms with Crippen molar-refractivity contribution < 1.29 is 0 Å². The molecule has 2 fully saturated rings. The molecule has 166 valence electrons. The van der Waals surface area contributed by atoms with Gasteiger partial charge in [-0.3, -0.25) is 4.68 Å². The van der Waals surface area contributed by atoms with Gasteiger partial charge in [-0.05, 0) is 62.4 Å². The number of nitrogens with zero attached hydrogens (tertiary/aromatic N) is 5. The predicted molar refractivity (Wildman–Crippen MR) is 128 cm³/mol. The average molecular weight is 430 g/mol. The van der Waals surface area contributed by atoms with E-state index in [2.05, 4.69) is 50.5 Å². The van der Waals surface area contributed by atoms with Crippen LogP contribution in [0.2, 0.25) is 0 Å². The van der Waals surface area contributed by atoms with Crippen molar-refractivity contribution in [3.05, 3.63) is 42.5 Å². The lowest BCUT2D eigenvalue weighted by Gasteiger charge is -2.22. The molecule has 1 saturated carbocycles. The highest BCUT2D eigenvalue weighted by molar-refractivity contribution is 5.92. The molecule has 0 radical (unpaired) electrons. The van der Waals surface area contributed by atoms with Gasteiger partial charge in [0.1, 0.15) is 11.8 Å². The van der Waals surface area contributed by atoms with Crippen molar-refractivity contribution in [3.8, 4) is 11.1 Å². The lowest BCUT2D eigenvalue weighted by atomic mass is 9.89. The van der Waals surface area contributed by atoms with Crippen LogP contribution in [0.5, 0.6) is 0 Å². The van der Waals surface area contributed by atoms with Gasteiger partial charge in [0.05, 0.1) is 5.52 Å². The van der Waals surface area contributed by atoms with Crippen LogP contribution >= 0.6 is 0 Å². The van der Waals surface area contributed by atoms with Gasteiger partial charge >= 0.3 is 0 Å². The monoisotopic (exact) mass is 429 g/mol. The molecule has 1 aliphatic carbocycles. The van der Waals surface area contributed by atoms with E-state index in [9.17, 15) is 0 Å². The van der Waals surface area contributed by atoms with Crippen molar-refractivity contribution in [2.45, 2.75) is 57.4 Å². The number of fused-ring (bicyclic) bond motifs is 2. The molecular weight excluding hydrogens is 398 g/mol. The van der Waals surface area contributed by atoms with Crippen LogP contribution in [0, 0.1) is 5.92 Å². The van der Waals surface area contributed by atoms with E-state index >= 15 is 0 Å². The summed E-state index contributed by atoms with van der Waals surface area (Å²) in [6.07, 6.45) is 12.8. The summed E-state index contributed by atoms with van der Waals surface area (Å²) in [5.74, 6) is 1.76. The van der Waals surface area contributed by atoms with Gasteiger partial charge < -0.3 is 11.1 Å². The van der Waals surface area contributed by atoms with Crippen molar-refractivity contribution in [2.24, 2.45) is 5.92 Å². The normalized spacial score (nSPS) is 18.6. The van der Waals surface area contributed by atoms with Gasteiger partial charge in [-0.25, -0.2) is 9.50 Å². The third-order valence-electron chi connectivity index (χ3n) is 7.40. The fraction of sp³-hybridized carbons (Fsp3) is 0.480. The van der Waals surface area contributed by atoms with Crippen molar-refractivity contribution in [1.29, 1.82) is 0 Å². The standard InChI is InChI=1S/C25H31N7/c26-25-24-21(13-23(32(24)29-16-28-25)18-8-10-27-11-9-18)19-6-7-20-15-31(30-22(20)12-19)14-17-4-2-1-3-5-17/h6-7,12-13,15-18,27H,1-5,8-11,14H2,(H2,26,28,29). The Kier molecular flexibility index (Phi) is 5.06. The smallest absolute Gasteiger partial charge is 0.151 e. The highest BCUT2D eigenvalue weighted by atomic mass is 15.3. The van der Waals surface area contributed by atoms with Crippen LogP contribution in [-0.4, -0.2) is 37.5 Å². The summed E-state index contributed by atoms with van der Waals surface area (Å²) in [6.45, 7) is 3.11. The SMILES string of the molecule is Nc1ncnn2c(C3CCNCC3)cc(-c3ccc4cn(CC5CCCCC5)nc4c3)c12. The van der Waals surface area contributed by atoms with Crippen LogP contribution in [0.15, 0.2) is 36.8 Å². The van der Waals surface area contributed by atoms with E-state index in [1.165, 1.54) is 43.2 Å². The second kappa shape index (κ2) is 8.20. The van der Waals surface area contributed by atoms with Gasteiger partial charge in [0.15, 0.2) is 5.82 Å². The minimum atomic E-state index is 0.477. The Morgan fingerprint density at radius 3 is 2.72 bits per heavy atom. The van der Waals surface area contributed by atoms with Crippen LogP contribution in [0.4, 0.5) is 5.82 Å². The lowest BCUT2D eigenvalue weighted by Crippen LogP contribution is -2.27. The largest absolute Gasteiger partial charge is 0.382 e. The first-order valence-electron chi connectivity index (χ1n) is 12.1. The second-order valence-electron chi connectivity index (χ2n) is 9.54. The number of piperidine rings is 1. The first-order valence-corrected chi connectivity index (χ1v) is 12.1. The molecule has 4 heterocycles. The van der Waals surface area contributed by atoms with Crippen LogP contribution < -0.4 is 11.1 Å². The quantitative estimate of drug-likeness (QED) is 0.503. The molecule has 0 bridgehead atoms. The molecule has 1 saturated heterocycles. The van der Waals surface area contributed by atoms with Gasteiger partial charge in [0.2, 0.25) is 0 Å². The predicted octanol–water partition coefficient (Wildman–Crippen LogP) is 4.38. The molecule has 6 rings (SSSR count). The van der Waals surface area contributed by atoms with Gasteiger partial charge in [-0.2, -0.15) is 10.2 Å². The molecule has 1 aliphatic heterocycles. The maximum Gasteiger partial charge on any atom is 0.151 e. The molecule has 1 aromatic carbocycles. The van der Waals surface area contributed by atoms with Gasteiger partial charge in [0.25, 0.3) is 0 Å². The summed E-state index contributed by atoms with van der Waals surface area (Å²) in [5, 5.41) is 14.2. The molecule has 7 heteroatoms. The minimum absolute atomic E-state index is 0.477. The Bertz CT molecular complexity index is 1240. The highest BCUT2D eigenvalue weighted by Crippen LogP contribution is 2.36. The molecule has 0 atom stereocenters. The summed E-state index contributed by atoms with van der Waals surface area (Å²) < 4.78 is 4.17. The number of nitrogens with two attached hydrogens (primary N) is 1. The van der Waals surface area contributed by atoms with Crippen LogP contribution in [-0.2, 0) is 6.54 Å². The fourth-order valence-electron chi connectivity index (χ4n) is 5.68. The third-order valence-corrected chi connectivity index (χ3v) is 7.40. The number of hydrogen-bond donors (Lipinski definition) is 2. The molecule has 3 N–H and O–H groups in total. The number of aromatic nitrogens is 5. The van der Waals surface area contributed by atoms with Gasteiger partial charge in [0, 0.05) is 35.3 Å². The van der Waals surface area contributed by atoms with Crippen molar-refractivity contribution in [2.75, 3.05) is 18.8 Å². The molecule has 0 spiro atoms. The summed E-state index contributed by atoms with van der Waals surface area (Å²) in [6, 6.07) is 8.84. The van der Waals surface area contributed by atoms with E-state index in [0.717, 1.165) is 60.6 Å². The number of nitrogen functional groups attached to an aromatic ring is 1. The van der Waals surface area contributed by atoms with Gasteiger partial charge in [-0.1, -0.05) is 31.4 Å². The van der Waals surface area contributed by atoms with Crippen LogP contribution in [0.3, 0.4) is 0 Å². The highest BCUT2D eigenvalue weighted by Gasteiger charge is 2.23. The summed E-state index contributed by atoms with van der Waals surface area (Å²) in [5.41, 5.74) is 11.7. The second-order valence-corrected chi connectivity index (χ2v) is 9.54. The minimum Gasteiger partial charge on any atom is -0.382 e. The van der Waals surface area contributed by atoms with Crippen molar-refractivity contribution in [3.63, 3.8) is 0 Å². The van der Waals surface area contributed by atoms with Gasteiger partial charge in [-0.15, -0.1) is 0 Å². The Morgan fingerprint density at radius 2 is 1.88 bits per heavy atom. The zero-order valence-corrected chi connectivity index (χ0v) is 18.5. The van der Waals surface area contributed by atoms with E-state index < -0.39 is 0 Å². The molecule has 3 aromatic heterocycles. The van der Waals surface area contributed by atoms with E-state index in [-0.39, 0.29) is 0 Å². The third kappa shape index (κ3) is 3.54. The Labute approximate surface area is 188 Å². The number of rotatable bonds is 4. The topological polar surface area (TPSA) is 86.1 Å². The Hall–Kier alpha value is -2.93. The number of nitrogens with one attached hydrogen (secondary N) is 1. The first kappa shape index (κ1) is 19.7. The number of benzene rings is 1. The van der Waals surface area contributed by atoms with Crippen LogP contribution in [0.25, 0.3) is 27.5 Å². The van der Waals surface area contributed by atoms with Crippen molar-refractivity contribution >= 4 is 22.2 Å². The molecule has 0 amide bonds. The van der Waals surface area contributed by atoms with Crippen LogP contribution in [0.1, 0.15) is 56.6 Å². The Balaban J connectivity index is 1.39. The van der Waals surface area contributed by atoms with E-state index in [1.54, 1.807) is 6.33 Å². The van der Waals surface area contributed by atoms with E-state index in [1.807, 2.05) is 4.52 Å². The van der Waals surface area contributed by atoms with Crippen molar-refractivity contribution in [1.82, 2.24) is 29.7 Å². The zero-order valence-electron chi connectivity index (χ0n) is 18.5. The maximum absolute atomic E-state index is 6.35. The summed E-state index contributed by atoms with van der Waals surface area (Å²) >= 11 is 0. The summed E-state index contributed by atoms with van der Waals surface area (Å²) in [4.78, 5) is 4.30. The molecule has 0 unspecified atom stereocenters. The van der Waals surface area contributed by atoms with E-state index in [4.69, 9.17) is 10.8 Å². The number of hydrogen-bond acceptors (Lipinski definition) is 5. The number of anilines is 1. The summed E-state index contributed by atoms with van der Waals surface area (Å²) in [7, 11) is 0. The lowest BCUT2D eigenvalue weighted by molar-refractivity contribution is 0.309. The first-order chi connectivity index (χ1) is 15.8. The molecule has 4 aromatic rings. The Morgan fingerprint density at radius 1 is 1.03 bits per heavy atom. The average Bonchev–Trinajstić information content (AvgIpc) is 3.41. The fourth-order valence-corrected chi connectivity index (χ4v) is 5.68. The molecule has 2 aliphatic rings. The molecule has 32 heavy (non-hydrogen) atoms. The van der Waals surface area contributed by atoms with E-state index in [0.29, 0.717) is 11.7 Å².